The van der Waals surface area contributed by atoms with Gasteiger partial charge in [-0.2, -0.15) is 0 Å². The Morgan fingerprint density at radius 2 is 2.19 bits per heavy atom. The van der Waals surface area contributed by atoms with Crippen LogP contribution in [0.25, 0.3) is 0 Å². The summed E-state index contributed by atoms with van der Waals surface area (Å²) in [6, 6.07) is 0. The molecule has 0 radical (unpaired) electrons. The fraction of sp³-hybridized carbons (Fsp3) is 0.905. The van der Waals surface area contributed by atoms with E-state index in [2.05, 4.69) is 13.8 Å². The van der Waals surface area contributed by atoms with Crippen LogP contribution < -0.4 is 0 Å². The van der Waals surface area contributed by atoms with Crippen LogP contribution in [-0.4, -0.2) is 36.1 Å². The minimum atomic E-state index is -0.850. The van der Waals surface area contributed by atoms with Crippen LogP contribution in [0.5, 0.6) is 0 Å². The lowest BCUT2D eigenvalue weighted by molar-refractivity contribution is -0.165. The van der Waals surface area contributed by atoms with Crippen LogP contribution in [0, 0.1) is 5.41 Å². The number of aliphatic hydroxyl groups excluding tert-OH is 1. The first-order chi connectivity index (χ1) is 12.5. The number of fused-ring (bicyclic) bond motifs is 1. The predicted molar refractivity (Wildman–Crippen MR) is 98.2 cm³/mol. The van der Waals surface area contributed by atoms with Gasteiger partial charge in [0.1, 0.15) is 11.9 Å². The van der Waals surface area contributed by atoms with Crippen molar-refractivity contribution < 1.29 is 23.7 Å². The maximum Gasteiger partial charge on any atom is 0.199 e. The van der Waals surface area contributed by atoms with Gasteiger partial charge in [-0.25, -0.2) is 4.39 Å². The van der Waals surface area contributed by atoms with Crippen LogP contribution in [-0.2, 0) is 14.2 Å². The summed E-state index contributed by atoms with van der Waals surface area (Å²) in [5.74, 6) is 0.792. The second-order valence-corrected chi connectivity index (χ2v) is 8.40. The Hall–Kier alpha value is -0.650. The van der Waals surface area contributed by atoms with Gasteiger partial charge in [0, 0.05) is 19.3 Å². The normalized spacial score (nSPS) is 39.0. The number of rotatable bonds is 8. The van der Waals surface area contributed by atoms with Crippen molar-refractivity contribution in [1.29, 1.82) is 0 Å². The van der Waals surface area contributed by atoms with Crippen molar-refractivity contribution in [2.45, 2.75) is 109 Å². The zero-order valence-electron chi connectivity index (χ0n) is 16.3. The summed E-state index contributed by atoms with van der Waals surface area (Å²) >= 11 is 0. The molecule has 1 saturated carbocycles. The van der Waals surface area contributed by atoms with Gasteiger partial charge >= 0.3 is 0 Å². The number of hydrogen-bond acceptors (Lipinski definition) is 4. The minimum absolute atomic E-state index is 0.263. The summed E-state index contributed by atoms with van der Waals surface area (Å²) in [6.07, 6.45) is 9.27. The van der Waals surface area contributed by atoms with Crippen molar-refractivity contribution in [2.75, 3.05) is 6.61 Å². The predicted octanol–water partition coefficient (Wildman–Crippen LogP) is 5.00. The topological polar surface area (TPSA) is 47.9 Å². The molecule has 3 fully saturated rings. The Kier molecular flexibility index (Phi) is 6.63. The Morgan fingerprint density at radius 1 is 1.35 bits per heavy atom. The molecule has 0 amide bonds. The van der Waals surface area contributed by atoms with Gasteiger partial charge in [-0.05, 0) is 51.5 Å². The summed E-state index contributed by atoms with van der Waals surface area (Å²) in [5, 5.41) is 10.2. The summed E-state index contributed by atoms with van der Waals surface area (Å²) in [6.45, 7) is 4.86. The molecular formula is C21H35FO4. The summed E-state index contributed by atoms with van der Waals surface area (Å²) in [4.78, 5) is 0. The summed E-state index contributed by atoms with van der Waals surface area (Å²) < 4.78 is 32.3. The van der Waals surface area contributed by atoms with E-state index < -0.39 is 18.1 Å². The Labute approximate surface area is 157 Å². The third-order valence-electron chi connectivity index (χ3n) is 6.49. The van der Waals surface area contributed by atoms with E-state index in [0.29, 0.717) is 25.9 Å². The molecule has 1 aliphatic carbocycles. The number of alkyl halides is 1. The molecule has 3 rings (SSSR count). The smallest absolute Gasteiger partial charge is 0.199 e. The second-order valence-electron chi connectivity index (χ2n) is 8.40. The fourth-order valence-corrected chi connectivity index (χ4v) is 4.93. The number of hydrogen-bond donors (Lipinski definition) is 1. The number of ether oxygens (including phenoxy) is 3. The van der Waals surface area contributed by atoms with Crippen molar-refractivity contribution in [3.05, 3.63) is 11.8 Å². The number of unbranched alkanes of at least 4 members (excludes halogenated alkanes) is 1. The van der Waals surface area contributed by atoms with E-state index >= 15 is 0 Å². The quantitative estimate of drug-likeness (QED) is 0.611. The van der Waals surface area contributed by atoms with Crippen molar-refractivity contribution in [1.82, 2.24) is 0 Å². The van der Waals surface area contributed by atoms with Gasteiger partial charge in [-0.3, -0.25) is 0 Å². The number of halogens is 1. The van der Waals surface area contributed by atoms with Crippen LogP contribution in [0.3, 0.4) is 0 Å². The largest absolute Gasteiger partial charge is 0.469 e. The van der Waals surface area contributed by atoms with Crippen LogP contribution in [0.15, 0.2) is 11.8 Å². The van der Waals surface area contributed by atoms with E-state index in [4.69, 9.17) is 14.2 Å². The number of allylic oxidation sites excluding steroid dienone is 1. The van der Waals surface area contributed by atoms with E-state index in [1.807, 2.05) is 6.08 Å². The summed E-state index contributed by atoms with van der Waals surface area (Å²) in [7, 11) is 0. The molecule has 2 heterocycles. The standard InChI is InChI=1S/C21H35FO4/c1-3-4-8-16(22)10-11-17(25-19-9-5-6-14-24-19)21-13-7-12-20(21,2)26-18(23)15-21/h11,16,18-19,23H,3-10,12-15H2,1-2H3/t16-,18?,19?,20?,21?/m1/s1. The molecule has 4 unspecified atom stereocenters. The first-order valence-electron chi connectivity index (χ1n) is 10.5. The molecular weight excluding hydrogens is 335 g/mol. The highest BCUT2D eigenvalue weighted by Gasteiger charge is 2.62. The van der Waals surface area contributed by atoms with Gasteiger partial charge in [0.05, 0.1) is 17.6 Å². The third kappa shape index (κ3) is 4.10. The van der Waals surface area contributed by atoms with Crippen molar-refractivity contribution >= 4 is 0 Å². The lowest BCUT2D eigenvalue weighted by Gasteiger charge is -2.39. The second kappa shape index (κ2) is 8.57. The Bertz CT molecular complexity index is 490. The van der Waals surface area contributed by atoms with E-state index in [1.54, 1.807) is 0 Å². The van der Waals surface area contributed by atoms with Crippen molar-refractivity contribution in [3.8, 4) is 0 Å². The molecule has 0 aromatic rings. The monoisotopic (exact) mass is 370 g/mol. The molecule has 2 saturated heterocycles. The highest BCUT2D eigenvalue weighted by molar-refractivity contribution is 5.22. The molecule has 3 aliphatic rings. The van der Waals surface area contributed by atoms with Crippen LogP contribution in [0.2, 0.25) is 0 Å². The molecule has 4 nitrogen and oxygen atoms in total. The average molecular weight is 371 g/mol. The molecule has 5 heteroatoms. The van der Waals surface area contributed by atoms with E-state index in [-0.39, 0.29) is 11.7 Å². The van der Waals surface area contributed by atoms with Gasteiger partial charge in [-0.15, -0.1) is 0 Å². The SMILES string of the molecule is CCCC[C@@H](F)CC=C(OC1CCCCO1)C12CCCC1(C)OC(O)C2. The van der Waals surface area contributed by atoms with Crippen molar-refractivity contribution in [2.24, 2.45) is 5.41 Å². The minimum Gasteiger partial charge on any atom is -0.469 e. The zero-order valence-corrected chi connectivity index (χ0v) is 16.3. The molecule has 0 aromatic carbocycles. The maximum atomic E-state index is 14.3. The highest BCUT2D eigenvalue weighted by atomic mass is 19.1. The van der Waals surface area contributed by atoms with E-state index in [1.165, 1.54) is 0 Å². The van der Waals surface area contributed by atoms with Gasteiger partial charge in [0.2, 0.25) is 0 Å². The molecule has 26 heavy (non-hydrogen) atoms. The van der Waals surface area contributed by atoms with Gasteiger partial charge in [-0.1, -0.05) is 19.8 Å². The molecule has 0 aromatic heterocycles. The van der Waals surface area contributed by atoms with Gasteiger partial charge in [0.15, 0.2) is 12.6 Å². The summed E-state index contributed by atoms with van der Waals surface area (Å²) in [5.41, 5.74) is -0.806. The third-order valence-corrected chi connectivity index (χ3v) is 6.49. The molecule has 2 aliphatic heterocycles. The van der Waals surface area contributed by atoms with Gasteiger partial charge < -0.3 is 19.3 Å². The molecule has 0 spiro atoms. The first-order valence-corrected chi connectivity index (χ1v) is 10.5. The van der Waals surface area contributed by atoms with Crippen LogP contribution in [0.1, 0.15) is 84.5 Å². The van der Waals surface area contributed by atoms with Gasteiger partial charge in [0.25, 0.3) is 0 Å². The number of aliphatic hydroxyl groups is 1. The Morgan fingerprint density at radius 3 is 2.92 bits per heavy atom. The van der Waals surface area contributed by atoms with E-state index in [9.17, 15) is 9.50 Å². The first kappa shape index (κ1) is 20.1. The maximum absolute atomic E-state index is 14.3. The highest BCUT2D eigenvalue weighted by Crippen LogP contribution is 2.61. The average Bonchev–Trinajstić information content (AvgIpc) is 3.06. The lowest BCUT2D eigenvalue weighted by atomic mass is 9.72. The van der Waals surface area contributed by atoms with Crippen LogP contribution in [0.4, 0.5) is 4.39 Å². The van der Waals surface area contributed by atoms with E-state index in [0.717, 1.165) is 57.1 Å². The van der Waals surface area contributed by atoms with Crippen molar-refractivity contribution in [3.63, 3.8) is 0 Å². The Balaban J connectivity index is 1.79. The molecule has 5 atom stereocenters. The fourth-order valence-electron chi connectivity index (χ4n) is 4.93. The molecule has 0 bridgehead atoms. The van der Waals surface area contributed by atoms with Crippen LogP contribution >= 0.6 is 0 Å². The molecule has 1 N–H and O–H groups in total. The molecule has 150 valence electrons. The zero-order chi connectivity index (χ0) is 18.6. The lowest BCUT2D eigenvalue weighted by Crippen LogP contribution is -2.41.